The summed E-state index contributed by atoms with van der Waals surface area (Å²) in [6.45, 7) is 12.2. The second-order valence-electron chi connectivity index (χ2n) is 6.93. The van der Waals surface area contributed by atoms with Crippen molar-refractivity contribution in [3.8, 4) is 0 Å². The van der Waals surface area contributed by atoms with Gasteiger partial charge in [0.15, 0.2) is 5.82 Å². The Hall–Kier alpha value is -2.05. The van der Waals surface area contributed by atoms with E-state index in [-0.39, 0.29) is 0 Å². The Kier molecular flexibility index (Phi) is 6.91. The normalized spacial score (nSPS) is 17.3. The van der Waals surface area contributed by atoms with Gasteiger partial charge in [-0.1, -0.05) is 49.8 Å². The van der Waals surface area contributed by atoms with Crippen LogP contribution in [0.25, 0.3) is 0 Å². The molecule has 2 aromatic rings. The van der Waals surface area contributed by atoms with Gasteiger partial charge in [0.2, 0.25) is 0 Å². The van der Waals surface area contributed by atoms with Gasteiger partial charge in [-0.15, -0.1) is 11.7 Å². The highest BCUT2D eigenvalue weighted by Gasteiger charge is 2.28. The van der Waals surface area contributed by atoms with E-state index in [0.29, 0.717) is 6.04 Å². The van der Waals surface area contributed by atoms with Crippen molar-refractivity contribution in [2.24, 2.45) is 0 Å². The number of piperazine rings is 1. The van der Waals surface area contributed by atoms with Gasteiger partial charge in [0, 0.05) is 39.3 Å². The molecule has 2 heterocycles. The molecule has 6 heteroatoms. The minimum atomic E-state index is 0.302. The molecule has 1 aliphatic heterocycles. The first kappa shape index (κ1) is 18.7. The third-order valence-corrected chi connectivity index (χ3v) is 5.11. The van der Waals surface area contributed by atoms with E-state index in [1.54, 1.807) is 0 Å². The molecule has 6 nitrogen and oxygen atoms in total. The van der Waals surface area contributed by atoms with E-state index in [1.807, 2.05) is 10.8 Å². The summed E-state index contributed by atoms with van der Waals surface area (Å²) >= 11 is 0. The fourth-order valence-corrected chi connectivity index (χ4v) is 3.68. The zero-order chi connectivity index (χ0) is 18.2. The molecule has 1 aromatic heterocycles. The third kappa shape index (κ3) is 4.77. The molecule has 0 aliphatic carbocycles. The van der Waals surface area contributed by atoms with E-state index in [0.717, 1.165) is 64.4 Å². The zero-order valence-corrected chi connectivity index (χ0v) is 15.8. The number of tetrazole rings is 1. The molecule has 1 aromatic carbocycles. The first-order valence-corrected chi connectivity index (χ1v) is 9.69. The van der Waals surface area contributed by atoms with E-state index < -0.39 is 0 Å². The van der Waals surface area contributed by atoms with Crippen molar-refractivity contribution in [1.82, 2.24) is 30.0 Å². The molecule has 3 rings (SSSR count). The van der Waals surface area contributed by atoms with Gasteiger partial charge < -0.3 is 0 Å². The van der Waals surface area contributed by atoms with Crippen molar-refractivity contribution in [2.45, 2.75) is 38.8 Å². The minimum Gasteiger partial charge on any atom is -0.297 e. The van der Waals surface area contributed by atoms with Crippen molar-refractivity contribution in [3.05, 3.63) is 54.4 Å². The van der Waals surface area contributed by atoms with Crippen LogP contribution in [-0.4, -0.2) is 62.7 Å². The van der Waals surface area contributed by atoms with Crippen LogP contribution >= 0.6 is 0 Å². The topological polar surface area (TPSA) is 50.1 Å². The van der Waals surface area contributed by atoms with Crippen LogP contribution < -0.4 is 0 Å². The summed E-state index contributed by atoms with van der Waals surface area (Å²) in [6.07, 6.45) is 5.16. The number of aromatic nitrogens is 4. The molecular weight excluding hydrogens is 324 g/mol. The molecule has 0 amide bonds. The molecular formula is C20H30N6. The summed E-state index contributed by atoms with van der Waals surface area (Å²) in [4.78, 5) is 5.00. The number of nitrogens with zero attached hydrogens (tertiary/aromatic N) is 6. The predicted octanol–water partition coefficient (Wildman–Crippen LogP) is 2.56. The van der Waals surface area contributed by atoms with Crippen LogP contribution in [0.2, 0.25) is 0 Å². The molecule has 0 radical (unpaired) electrons. The second-order valence-corrected chi connectivity index (χ2v) is 6.93. The smallest absolute Gasteiger partial charge is 0.168 e. The SMILES string of the molecule is C=CCN1CCN([C@H](CCC)c2nnnn2CCc2ccccc2)CC1. The number of rotatable bonds is 9. The van der Waals surface area contributed by atoms with Crippen LogP contribution in [0.3, 0.4) is 0 Å². The molecule has 1 atom stereocenters. The van der Waals surface area contributed by atoms with Crippen LogP contribution in [-0.2, 0) is 13.0 Å². The fraction of sp³-hybridized carbons (Fsp3) is 0.550. The molecule has 140 valence electrons. The highest BCUT2D eigenvalue weighted by atomic mass is 15.5. The van der Waals surface area contributed by atoms with Crippen molar-refractivity contribution in [2.75, 3.05) is 32.7 Å². The summed E-state index contributed by atoms with van der Waals surface area (Å²) in [6, 6.07) is 10.8. The molecule has 0 unspecified atom stereocenters. The maximum Gasteiger partial charge on any atom is 0.168 e. The predicted molar refractivity (Wildman–Crippen MR) is 104 cm³/mol. The average molecular weight is 355 g/mol. The maximum absolute atomic E-state index is 4.41. The van der Waals surface area contributed by atoms with E-state index in [9.17, 15) is 0 Å². The largest absolute Gasteiger partial charge is 0.297 e. The van der Waals surface area contributed by atoms with Crippen LogP contribution in [0.5, 0.6) is 0 Å². The van der Waals surface area contributed by atoms with Crippen molar-refractivity contribution in [3.63, 3.8) is 0 Å². The van der Waals surface area contributed by atoms with Crippen molar-refractivity contribution in [1.29, 1.82) is 0 Å². The van der Waals surface area contributed by atoms with E-state index >= 15 is 0 Å². The zero-order valence-electron chi connectivity index (χ0n) is 15.8. The van der Waals surface area contributed by atoms with E-state index in [4.69, 9.17) is 0 Å². The van der Waals surface area contributed by atoms with Crippen LogP contribution in [0.1, 0.15) is 37.2 Å². The van der Waals surface area contributed by atoms with Gasteiger partial charge in [-0.2, -0.15) is 0 Å². The Bertz CT molecular complexity index is 660. The van der Waals surface area contributed by atoms with Gasteiger partial charge in [-0.3, -0.25) is 9.80 Å². The van der Waals surface area contributed by atoms with Gasteiger partial charge >= 0.3 is 0 Å². The number of benzene rings is 1. The average Bonchev–Trinajstić information content (AvgIpc) is 3.14. The fourth-order valence-electron chi connectivity index (χ4n) is 3.68. The lowest BCUT2D eigenvalue weighted by Crippen LogP contribution is -2.48. The van der Waals surface area contributed by atoms with E-state index in [1.165, 1.54) is 5.56 Å². The summed E-state index contributed by atoms with van der Waals surface area (Å²) in [7, 11) is 0. The van der Waals surface area contributed by atoms with Gasteiger partial charge in [0.1, 0.15) is 0 Å². The Morgan fingerprint density at radius 3 is 2.62 bits per heavy atom. The maximum atomic E-state index is 4.41. The Morgan fingerprint density at radius 1 is 1.15 bits per heavy atom. The van der Waals surface area contributed by atoms with Crippen LogP contribution in [0.15, 0.2) is 43.0 Å². The van der Waals surface area contributed by atoms with Crippen molar-refractivity contribution >= 4 is 0 Å². The summed E-state index contributed by atoms with van der Waals surface area (Å²) < 4.78 is 2.00. The highest BCUT2D eigenvalue weighted by molar-refractivity contribution is 5.14. The Labute approximate surface area is 156 Å². The first-order chi connectivity index (χ1) is 12.8. The third-order valence-electron chi connectivity index (χ3n) is 5.11. The Balaban J connectivity index is 1.67. The molecule has 1 fully saturated rings. The van der Waals surface area contributed by atoms with Gasteiger partial charge in [-0.25, -0.2) is 4.68 Å². The minimum absolute atomic E-state index is 0.302. The molecule has 1 saturated heterocycles. The molecule has 0 spiro atoms. The summed E-state index contributed by atoms with van der Waals surface area (Å²) in [5, 5.41) is 12.7. The summed E-state index contributed by atoms with van der Waals surface area (Å²) in [5.74, 6) is 1.01. The molecule has 26 heavy (non-hydrogen) atoms. The first-order valence-electron chi connectivity index (χ1n) is 9.69. The van der Waals surface area contributed by atoms with Crippen LogP contribution in [0.4, 0.5) is 0 Å². The molecule has 0 N–H and O–H groups in total. The van der Waals surface area contributed by atoms with Gasteiger partial charge in [-0.05, 0) is 28.8 Å². The lowest BCUT2D eigenvalue weighted by Gasteiger charge is -2.38. The summed E-state index contributed by atoms with van der Waals surface area (Å²) in [5.41, 5.74) is 1.32. The molecule has 1 aliphatic rings. The van der Waals surface area contributed by atoms with Gasteiger partial charge in [0.05, 0.1) is 6.04 Å². The lowest BCUT2D eigenvalue weighted by atomic mass is 10.1. The monoisotopic (exact) mass is 354 g/mol. The van der Waals surface area contributed by atoms with E-state index in [2.05, 4.69) is 69.2 Å². The van der Waals surface area contributed by atoms with Crippen molar-refractivity contribution < 1.29 is 0 Å². The number of hydrogen-bond acceptors (Lipinski definition) is 5. The Morgan fingerprint density at radius 2 is 1.92 bits per heavy atom. The quantitative estimate of drug-likeness (QED) is 0.648. The molecule has 0 saturated carbocycles. The standard InChI is InChI=1S/C20H30N6/c1-3-8-19(25-16-14-24(12-4-2)15-17-25)20-21-22-23-26(20)13-11-18-9-6-5-7-10-18/h4-7,9-10,19H,2-3,8,11-17H2,1H3/t19-/m1/s1. The highest BCUT2D eigenvalue weighted by Crippen LogP contribution is 2.25. The number of aryl methyl sites for hydroxylation is 2. The lowest BCUT2D eigenvalue weighted by molar-refractivity contribution is 0.0920. The molecule has 0 bridgehead atoms. The second kappa shape index (κ2) is 9.59. The number of hydrogen-bond donors (Lipinski definition) is 0. The van der Waals surface area contributed by atoms with Crippen LogP contribution in [0, 0.1) is 0 Å². The van der Waals surface area contributed by atoms with Gasteiger partial charge in [0.25, 0.3) is 0 Å².